The van der Waals surface area contributed by atoms with Crippen LogP contribution in [0.3, 0.4) is 0 Å². The number of ether oxygens (including phenoxy) is 1. The van der Waals surface area contributed by atoms with E-state index in [9.17, 15) is 8.42 Å². The number of hydrogen-bond acceptors (Lipinski definition) is 5. The smallest absolute Gasteiger partial charge is 0.151 e. The van der Waals surface area contributed by atoms with Crippen LogP contribution in [0.1, 0.15) is 17.8 Å². The van der Waals surface area contributed by atoms with Crippen LogP contribution in [-0.2, 0) is 30.0 Å². The Kier molecular flexibility index (Phi) is 4.68. The van der Waals surface area contributed by atoms with Crippen molar-refractivity contribution in [2.45, 2.75) is 25.6 Å². The monoisotopic (exact) mass is 335 g/mol. The fourth-order valence-corrected chi connectivity index (χ4v) is 4.31. The summed E-state index contributed by atoms with van der Waals surface area (Å²) < 4.78 is 30.5. The van der Waals surface area contributed by atoms with Gasteiger partial charge >= 0.3 is 0 Å². The van der Waals surface area contributed by atoms with E-state index in [4.69, 9.17) is 4.74 Å². The molecule has 0 spiro atoms. The normalized spacial score (nSPS) is 19.8. The third kappa shape index (κ3) is 4.33. The van der Waals surface area contributed by atoms with Crippen molar-refractivity contribution in [3.05, 3.63) is 48.0 Å². The fourth-order valence-electron chi connectivity index (χ4n) is 2.61. The molecule has 0 radical (unpaired) electrons. The molecule has 1 atom stereocenters. The summed E-state index contributed by atoms with van der Waals surface area (Å²) in [5.74, 6) is 2.21. The molecule has 0 saturated carbocycles. The Bertz CT molecular complexity index is 753. The van der Waals surface area contributed by atoms with E-state index in [0.717, 1.165) is 17.1 Å². The summed E-state index contributed by atoms with van der Waals surface area (Å²) in [6.07, 6.45) is 4.33. The van der Waals surface area contributed by atoms with E-state index in [2.05, 4.69) is 10.3 Å². The number of rotatable bonds is 6. The average molecular weight is 335 g/mol. The quantitative estimate of drug-likeness (QED) is 0.861. The lowest BCUT2D eigenvalue weighted by molar-refractivity contribution is 0.291. The van der Waals surface area contributed by atoms with Gasteiger partial charge in [0.2, 0.25) is 0 Å². The van der Waals surface area contributed by atoms with Crippen LogP contribution in [0.15, 0.2) is 36.7 Å². The van der Waals surface area contributed by atoms with E-state index >= 15 is 0 Å². The van der Waals surface area contributed by atoms with Crippen molar-refractivity contribution in [1.82, 2.24) is 14.9 Å². The Morgan fingerprint density at radius 3 is 2.74 bits per heavy atom. The van der Waals surface area contributed by atoms with Crippen LogP contribution in [0.25, 0.3) is 0 Å². The third-order valence-electron chi connectivity index (χ3n) is 4.04. The molecule has 7 heteroatoms. The molecule has 1 aromatic heterocycles. The molecular formula is C16H21N3O3S. The number of hydrogen-bond donors (Lipinski definition) is 1. The van der Waals surface area contributed by atoms with E-state index < -0.39 is 9.84 Å². The second kappa shape index (κ2) is 6.72. The number of aryl methyl sites for hydroxylation is 1. The lowest BCUT2D eigenvalue weighted by Gasteiger charge is -2.11. The van der Waals surface area contributed by atoms with E-state index in [1.54, 1.807) is 6.20 Å². The van der Waals surface area contributed by atoms with E-state index in [0.29, 0.717) is 25.3 Å². The average Bonchev–Trinajstić information content (AvgIpc) is 3.09. The van der Waals surface area contributed by atoms with Crippen LogP contribution < -0.4 is 10.1 Å². The molecule has 0 unspecified atom stereocenters. The molecule has 0 aliphatic carbocycles. The molecule has 3 rings (SSSR count). The number of imidazole rings is 1. The van der Waals surface area contributed by atoms with Gasteiger partial charge in [0, 0.05) is 32.0 Å². The molecule has 0 amide bonds. The molecule has 124 valence electrons. The zero-order valence-electron chi connectivity index (χ0n) is 13.1. The van der Waals surface area contributed by atoms with Gasteiger partial charge in [-0.25, -0.2) is 13.4 Å². The number of nitrogens with zero attached hydrogens (tertiary/aromatic N) is 2. The van der Waals surface area contributed by atoms with Crippen LogP contribution in [0, 0.1) is 0 Å². The highest BCUT2D eigenvalue weighted by Gasteiger charge is 2.27. The first-order chi connectivity index (χ1) is 11.0. The summed E-state index contributed by atoms with van der Waals surface area (Å²) in [6.45, 7) is 1.10. The predicted octanol–water partition coefficient (Wildman–Crippen LogP) is 1.28. The maximum absolute atomic E-state index is 11.4. The Morgan fingerprint density at radius 1 is 1.35 bits per heavy atom. The van der Waals surface area contributed by atoms with Gasteiger partial charge in [0.25, 0.3) is 0 Å². The minimum atomic E-state index is -2.83. The van der Waals surface area contributed by atoms with Crippen molar-refractivity contribution in [3.63, 3.8) is 0 Å². The van der Waals surface area contributed by atoms with Crippen molar-refractivity contribution >= 4 is 9.84 Å². The van der Waals surface area contributed by atoms with Gasteiger partial charge in [0.15, 0.2) is 9.84 Å². The first-order valence-corrected chi connectivity index (χ1v) is 9.46. The first kappa shape index (κ1) is 16.0. The molecule has 1 aromatic carbocycles. The van der Waals surface area contributed by atoms with Crippen molar-refractivity contribution in [1.29, 1.82) is 0 Å². The van der Waals surface area contributed by atoms with Gasteiger partial charge < -0.3 is 14.6 Å². The summed E-state index contributed by atoms with van der Waals surface area (Å²) >= 11 is 0. The molecular weight excluding hydrogens is 314 g/mol. The van der Waals surface area contributed by atoms with Crippen molar-refractivity contribution in [3.8, 4) is 5.75 Å². The SMILES string of the molecule is Cn1ccnc1COc1ccc(CN[C@H]2CCS(=O)(=O)C2)cc1. The van der Waals surface area contributed by atoms with Crippen LogP contribution >= 0.6 is 0 Å². The van der Waals surface area contributed by atoms with Gasteiger partial charge in [0.1, 0.15) is 18.2 Å². The lowest BCUT2D eigenvalue weighted by atomic mass is 10.2. The summed E-state index contributed by atoms with van der Waals surface area (Å²) in [4.78, 5) is 4.21. The van der Waals surface area contributed by atoms with Crippen LogP contribution in [0.2, 0.25) is 0 Å². The molecule has 1 aliphatic rings. The van der Waals surface area contributed by atoms with E-state index in [-0.39, 0.29) is 11.8 Å². The summed E-state index contributed by atoms with van der Waals surface area (Å²) in [5.41, 5.74) is 1.11. The van der Waals surface area contributed by atoms with E-state index in [1.807, 2.05) is 42.1 Å². The highest BCUT2D eigenvalue weighted by atomic mass is 32.2. The Hall–Kier alpha value is -1.86. The number of aromatic nitrogens is 2. The van der Waals surface area contributed by atoms with Gasteiger partial charge in [-0.1, -0.05) is 12.1 Å². The maximum Gasteiger partial charge on any atom is 0.151 e. The summed E-state index contributed by atoms with van der Waals surface area (Å²) in [6, 6.07) is 7.89. The minimum Gasteiger partial charge on any atom is -0.486 e. The third-order valence-corrected chi connectivity index (χ3v) is 5.81. The Balaban J connectivity index is 1.48. The molecule has 1 saturated heterocycles. The molecule has 6 nitrogen and oxygen atoms in total. The van der Waals surface area contributed by atoms with Crippen LogP contribution in [-0.4, -0.2) is 35.5 Å². The van der Waals surface area contributed by atoms with Crippen LogP contribution in [0.5, 0.6) is 5.75 Å². The molecule has 0 bridgehead atoms. The van der Waals surface area contributed by atoms with Gasteiger partial charge in [-0.05, 0) is 24.1 Å². The predicted molar refractivity (Wildman–Crippen MR) is 87.9 cm³/mol. The maximum atomic E-state index is 11.4. The van der Waals surface area contributed by atoms with Gasteiger partial charge in [-0.3, -0.25) is 0 Å². The minimum absolute atomic E-state index is 0.0688. The lowest BCUT2D eigenvalue weighted by Crippen LogP contribution is -2.29. The summed E-state index contributed by atoms with van der Waals surface area (Å²) in [7, 11) is -0.895. The van der Waals surface area contributed by atoms with Gasteiger partial charge in [0.05, 0.1) is 11.5 Å². The number of nitrogens with one attached hydrogen (secondary N) is 1. The number of sulfone groups is 1. The zero-order valence-corrected chi connectivity index (χ0v) is 13.9. The standard InChI is InChI=1S/C16H21N3O3S/c1-19-8-7-17-16(19)11-22-15-4-2-13(3-5-15)10-18-14-6-9-23(20,21)12-14/h2-5,7-8,14,18H,6,9-12H2,1H3/t14-/m0/s1. The topological polar surface area (TPSA) is 73.2 Å². The molecule has 1 aliphatic heterocycles. The van der Waals surface area contributed by atoms with Gasteiger partial charge in [-0.2, -0.15) is 0 Å². The molecule has 2 heterocycles. The highest BCUT2D eigenvalue weighted by Crippen LogP contribution is 2.15. The zero-order chi connectivity index (χ0) is 16.3. The molecule has 1 fully saturated rings. The second-order valence-electron chi connectivity index (χ2n) is 5.87. The largest absolute Gasteiger partial charge is 0.486 e. The van der Waals surface area contributed by atoms with Crippen molar-refractivity contribution < 1.29 is 13.2 Å². The van der Waals surface area contributed by atoms with Crippen molar-refractivity contribution in [2.75, 3.05) is 11.5 Å². The highest BCUT2D eigenvalue weighted by molar-refractivity contribution is 7.91. The summed E-state index contributed by atoms with van der Waals surface area (Å²) in [5, 5.41) is 3.30. The Morgan fingerprint density at radius 2 is 2.13 bits per heavy atom. The van der Waals surface area contributed by atoms with E-state index in [1.165, 1.54) is 0 Å². The fraction of sp³-hybridized carbons (Fsp3) is 0.438. The van der Waals surface area contributed by atoms with Crippen molar-refractivity contribution in [2.24, 2.45) is 7.05 Å². The second-order valence-corrected chi connectivity index (χ2v) is 8.10. The molecule has 2 aromatic rings. The van der Waals surface area contributed by atoms with Crippen LogP contribution in [0.4, 0.5) is 0 Å². The first-order valence-electron chi connectivity index (χ1n) is 7.63. The molecule has 1 N–H and O–H groups in total. The Labute approximate surface area is 136 Å². The van der Waals surface area contributed by atoms with Gasteiger partial charge in [-0.15, -0.1) is 0 Å². The molecule has 23 heavy (non-hydrogen) atoms. The number of benzene rings is 1.